The van der Waals surface area contributed by atoms with E-state index < -0.39 is 0 Å². The molecule has 3 nitrogen and oxygen atoms in total. The Bertz CT molecular complexity index is 681. The Morgan fingerprint density at radius 3 is 2.58 bits per heavy atom. The monoisotopic (exact) mass is 328 g/mol. The number of ketones is 2. The largest absolute Gasteiger partial charge is 0.352 e. The lowest BCUT2D eigenvalue weighted by atomic mass is 9.42. The summed E-state index contributed by atoms with van der Waals surface area (Å²) in [6.07, 6.45) is 5.25. The van der Waals surface area contributed by atoms with E-state index in [1.165, 1.54) is 0 Å². The number of epoxide rings is 1. The maximum atomic E-state index is 12.6. The number of ether oxygens (including phenoxy) is 1. The van der Waals surface area contributed by atoms with Gasteiger partial charge in [-0.2, -0.15) is 0 Å². The third kappa shape index (κ3) is 1.39. The highest BCUT2D eigenvalue weighted by atomic mass is 16.6. The van der Waals surface area contributed by atoms with E-state index >= 15 is 0 Å². The molecular weight excluding hydrogens is 300 g/mol. The van der Waals surface area contributed by atoms with Crippen molar-refractivity contribution >= 4 is 11.6 Å². The SMILES string of the molecule is C=C1C(C)[C@@H]2[C@@H](CC[C@]3(C)C(=O)CC[C@@H]23)[C@@]2(C)CCC(=O)C3OC132. The molecule has 0 bridgehead atoms. The highest BCUT2D eigenvalue weighted by Gasteiger charge is 2.79. The number of carbonyl (C=O) groups is 2. The number of Topliss-reactive ketones (excluding diaryl/α,β-unsaturated/α-hetero) is 2. The average Bonchev–Trinajstić information content (AvgIpc) is 3.26. The average molecular weight is 328 g/mol. The Balaban J connectivity index is 1.62. The zero-order chi connectivity index (χ0) is 17.1. The van der Waals surface area contributed by atoms with Crippen LogP contribution in [-0.4, -0.2) is 23.3 Å². The molecule has 0 aromatic carbocycles. The minimum absolute atomic E-state index is 0.0206. The van der Waals surface area contributed by atoms with Gasteiger partial charge in [0.15, 0.2) is 11.9 Å². The first kappa shape index (κ1) is 15.3. The molecule has 130 valence electrons. The summed E-state index contributed by atoms with van der Waals surface area (Å²) in [7, 11) is 0. The van der Waals surface area contributed by atoms with Crippen molar-refractivity contribution in [3.8, 4) is 0 Å². The number of hydrogen-bond donors (Lipinski definition) is 0. The molecule has 5 rings (SSSR count). The van der Waals surface area contributed by atoms with Crippen LogP contribution in [0.5, 0.6) is 0 Å². The zero-order valence-electron chi connectivity index (χ0n) is 15.1. The van der Waals surface area contributed by atoms with Crippen molar-refractivity contribution in [1.82, 2.24) is 0 Å². The molecule has 8 atom stereocenters. The van der Waals surface area contributed by atoms with Crippen molar-refractivity contribution in [2.75, 3.05) is 0 Å². The van der Waals surface area contributed by atoms with Crippen LogP contribution in [0.3, 0.4) is 0 Å². The summed E-state index contributed by atoms with van der Waals surface area (Å²) >= 11 is 0. The molecular formula is C21H28O3. The highest BCUT2D eigenvalue weighted by Crippen LogP contribution is 2.74. The number of fused-ring (bicyclic) bond motifs is 4. The van der Waals surface area contributed by atoms with Gasteiger partial charge in [0.25, 0.3) is 0 Å². The lowest BCUT2D eigenvalue weighted by molar-refractivity contribution is -0.140. The zero-order valence-corrected chi connectivity index (χ0v) is 15.1. The van der Waals surface area contributed by atoms with Gasteiger partial charge in [-0.15, -0.1) is 0 Å². The summed E-state index contributed by atoms with van der Waals surface area (Å²) in [6.45, 7) is 11.3. The molecule has 0 radical (unpaired) electrons. The fraction of sp³-hybridized carbons (Fsp3) is 0.810. The first-order valence-corrected chi connectivity index (χ1v) is 9.70. The van der Waals surface area contributed by atoms with Gasteiger partial charge in [0, 0.05) is 23.7 Å². The van der Waals surface area contributed by atoms with Crippen LogP contribution in [0.15, 0.2) is 12.2 Å². The van der Waals surface area contributed by atoms with E-state index in [4.69, 9.17) is 4.74 Å². The number of hydrogen-bond acceptors (Lipinski definition) is 3. The van der Waals surface area contributed by atoms with Crippen molar-refractivity contribution < 1.29 is 14.3 Å². The first-order valence-electron chi connectivity index (χ1n) is 9.70. The normalized spacial score (nSPS) is 58.6. The minimum Gasteiger partial charge on any atom is -0.352 e. The minimum atomic E-state index is -0.390. The summed E-state index contributed by atoms with van der Waals surface area (Å²) in [5, 5.41) is 0. The van der Waals surface area contributed by atoms with Gasteiger partial charge in [0.05, 0.1) is 0 Å². The summed E-state index contributed by atoms with van der Waals surface area (Å²) in [4.78, 5) is 24.9. The van der Waals surface area contributed by atoms with Crippen LogP contribution in [0.4, 0.5) is 0 Å². The van der Waals surface area contributed by atoms with Crippen molar-refractivity contribution in [2.24, 2.45) is 34.5 Å². The van der Waals surface area contributed by atoms with Gasteiger partial charge in [0.1, 0.15) is 11.4 Å². The lowest BCUT2D eigenvalue weighted by Gasteiger charge is -2.61. The predicted octanol–water partition coefficient (Wildman–Crippen LogP) is 3.71. The Labute approximate surface area is 144 Å². The predicted molar refractivity (Wildman–Crippen MR) is 90.3 cm³/mol. The summed E-state index contributed by atoms with van der Waals surface area (Å²) in [5.74, 6) is 2.66. The third-order valence-electron chi connectivity index (χ3n) is 9.11. The summed E-state index contributed by atoms with van der Waals surface area (Å²) in [5.41, 5.74) is 0.657. The Morgan fingerprint density at radius 1 is 1.08 bits per heavy atom. The standard InChI is InChI=1S/C21H28O3/c1-11-12(2)21-18(24-21)15(22)8-10-20(21,4)14-7-9-19(3)13(17(11)14)5-6-16(19)23/h11,13-14,17-18H,2,5-10H2,1,3-4H3/t11?,13-,14+,17-,18?,19-,20+,21?/m0/s1. The van der Waals surface area contributed by atoms with Crippen LogP contribution in [0.1, 0.15) is 59.3 Å². The molecule has 3 unspecified atom stereocenters. The molecule has 1 heterocycles. The molecule has 5 fully saturated rings. The van der Waals surface area contributed by atoms with Crippen LogP contribution < -0.4 is 0 Å². The van der Waals surface area contributed by atoms with Gasteiger partial charge in [-0.05, 0) is 54.9 Å². The van der Waals surface area contributed by atoms with Crippen molar-refractivity contribution in [3.05, 3.63) is 12.2 Å². The van der Waals surface area contributed by atoms with Gasteiger partial charge < -0.3 is 4.74 Å². The molecule has 4 aliphatic carbocycles. The topological polar surface area (TPSA) is 46.7 Å². The molecule has 1 saturated heterocycles. The number of carbonyl (C=O) groups excluding carboxylic acids is 2. The second-order valence-electron chi connectivity index (χ2n) is 9.64. The van der Waals surface area contributed by atoms with Crippen molar-refractivity contribution in [3.63, 3.8) is 0 Å². The molecule has 1 spiro atoms. The highest BCUT2D eigenvalue weighted by molar-refractivity contribution is 5.90. The fourth-order valence-corrected chi connectivity index (χ4v) is 7.63. The molecule has 0 aromatic heterocycles. The molecule has 5 aliphatic rings. The molecule has 0 N–H and O–H groups in total. The van der Waals surface area contributed by atoms with Crippen LogP contribution in [-0.2, 0) is 14.3 Å². The van der Waals surface area contributed by atoms with E-state index in [0.717, 1.165) is 37.7 Å². The summed E-state index contributed by atoms with van der Waals surface area (Å²) < 4.78 is 6.16. The van der Waals surface area contributed by atoms with Crippen LogP contribution in [0.2, 0.25) is 0 Å². The second-order valence-corrected chi connectivity index (χ2v) is 9.64. The lowest BCUT2D eigenvalue weighted by Crippen LogP contribution is -2.61. The van der Waals surface area contributed by atoms with Crippen molar-refractivity contribution in [1.29, 1.82) is 0 Å². The van der Waals surface area contributed by atoms with Gasteiger partial charge in [-0.25, -0.2) is 0 Å². The second kappa shape index (κ2) is 4.23. The number of rotatable bonds is 0. The van der Waals surface area contributed by atoms with E-state index in [0.29, 0.717) is 35.9 Å². The van der Waals surface area contributed by atoms with Crippen LogP contribution in [0.25, 0.3) is 0 Å². The van der Waals surface area contributed by atoms with E-state index in [1.807, 2.05) is 0 Å². The van der Waals surface area contributed by atoms with Crippen LogP contribution in [0, 0.1) is 34.5 Å². The van der Waals surface area contributed by atoms with Gasteiger partial charge >= 0.3 is 0 Å². The maximum Gasteiger partial charge on any atom is 0.164 e. The fourth-order valence-electron chi connectivity index (χ4n) is 7.63. The smallest absolute Gasteiger partial charge is 0.164 e. The first-order chi connectivity index (χ1) is 11.3. The van der Waals surface area contributed by atoms with E-state index in [2.05, 4.69) is 27.4 Å². The summed E-state index contributed by atoms with van der Waals surface area (Å²) in [6, 6.07) is 0. The van der Waals surface area contributed by atoms with Gasteiger partial charge in [0.2, 0.25) is 0 Å². The molecule has 4 saturated carbocycles. The van der Waals surface area contributed by atoms with E-state index in [9.17, 15) is 9.59 Å². The van der Waals surface area contributed by atoms with Crippen molar-refractivity contribution in [2.45, 2.75) is 71.0 Å². The quantitative estimate of drug-likeness (QED) is 0.503. The van der Waals surface area contributed by atoms with Crippen LogP contribution >= 0.6 is 0 Å². The Hall–Kier alpha value is -0.960. The molecule has 3 heteroatoms. The molecule has 0 amide bonds. The third-order valence-corrected chi connectivity index (χ3v) is 9.11. The van der Waals surface area contributed by atoms with Gasteiger partial charge in [-0.3, -0.25) is 9.59 Å². The molecule has 0 aromatic rings. The molecule has 24 heavy (non-hydrogen) atoms. The van der Waals surface area contributed by atoms with E-state index in [-0.39, 0.29) is 28.3 Å². The maximum absolute atomic E-state index is 12.6. The van der Waals surface area contributed by atoms with E-state index in [1.54, 1.807) is 0 Å². The molecule has 1 aliphatic heterocycles. The Kier molecular flexibility index (Phi) is 2.70. The van der Waals surface area contributed by atoms with Gasteiger partial charge in [-0.1, -0.05) is 27.4 Å². The Morgan fingerprint density at radius 2 is 1.83 bits per heavy atom.